The number of fused-ring (bicyclic) bond motifs is 4. The van der Waals surface area contributed by atoms with Crippen molar-refractivity contribution < 1.29 is 14.3 Å². The molecule has 0 spiro atoms. The van der Waals surface area contributed by atoms with Crippen molar-refractivity contribution in [3.63, 3.8) is 0 Å². The predicted molar refractivity (Wildman–Crippen MR) is 137 cm³/mol. The number of piperazine rings is 1. The van der Waals surface area contributed by atoms with E-state index in [4.69, 9.17) is 4.74 Å². The van der Waals surface area contributed by atoms with Crippen LogP contribution in [0.15, 0.2) is 77.3 Å². The summed E-state index contributed by atoms with van der Waals surface area (Å²) in [7, 11) is 1.62. The van der Waals surface area contributed by atoms with Gasteiger partial charge in [-0.1, -0.05) is 64.5 Å². The molecule has 0 saturated carbocycles. The third-order valence-electron chi connectivity index (χ3n) is 7.06. The largest absolute Gasteiger partial charge is 0.496 e. The van der Waals surface area contributed by atoms with Crippen LogP contribution in [0.25, 0.3) is 10.9 Å². The monoisotopic (exact) mass is 529 g/mol. The van der Waals surface area contributed by atoms with Gasteiger partial charge < -0.3 is 19.5 Å². The standard InChI is InChI=1S/C28H24BrN3O3/c1-35-24-12-5-2-7-18(24)15-31-16-25(33)32-23(28(31)34)14-21-20-10-3-4-11-22(20)30-26(21)27(32)17-8-6-9-19(29)13-17/h2-13,23,27,30H,14-16H2,1H3. The van der Waals surface area contributed by atoms with Crippen LogP contribution in [-0.4, -0.2) is 46.3 Å². The van der Waals surface area contributed by atoms with E-state index in [9.17, 15) is 9.59 Å². The summed E-state index contributed by atoms with van der Waals surface area (Å²) >= 11 is 3.58. The van der Waals surface area contributed by atoms with Gasteiger partial charge in [-0.2, -0.15) is 0 Å². The number of ether oxygens (including phenoxy) is 1. The summed E-state index contributed by atoms with van der Waals surface area (Å²) in [6.07, 6.45) is 0.483. The minimum atomic E-state index is -0.568. The summed E-state index contributed by atoms with van der Waals surface area (Å²) in [5.41, 5.74) is 4.96. The maximum absolute atomic E-state index is 13.9. The van der Waals surface area contributed by atoms with Crippen LogP contribution in [-0.2, 0) is 22.6 Å². The highest BCUT2D eigenvalue weighted by molar-refractivity contribution is 9.10. The highest BCUT2D eigenvalue weighted by Gasteiger charge is 2.48. The number of benzene rings is 3. The van der Waals surface area contributed by atoms with Crippen LogP contribution in [0.3, 0.4) is 0 Å². The van der Waals surface area contributed by atoms with Crippen molar-refractivity contribution >= 4 is 38.6 Å². The molecule has 35 heavy (non-hydrogen) atoms. The number of nitrogens with zero attached hydrogens (tertiary/aromatic N) is 2. The molecule has 3 heterocycles. The topological polar surface area (TPSA) is 65.6 Å². The third kappa shape index (κ3) is 3.62. The molecular weight excluding hydrogens is 506 g/mol. The Morgan fingerprint density at radius 2 is 1.83 bits per heavy atom. The van der Waals surface area contributed by atoms with Crippen LogP contribution in [0.2, 0.25) is 0 Å². The van der Waals surface area contributed by atoms with Gasteiger partial charge in [-0.25, -0.2) is 0 Å². The maximum Gasteiger partial charge on any atom is 0.246 e. The Kier molecular flexibility index (Phi) is 5.37. The van der Waals surface area contributed by atoms with Crippen molar-refractivity contribution in [3.05, 3.63) is 99.7 Å². The second-order valence-electron chi connectivity index (χ2n) is 9.05. The number of amides is 2. The lowest BCUT2D eigenvalue weighted by Crippen LogP contribution is -2.62. The number of aromatic nitrogens is 1. The smallest absolute Gasteiger partial charge is 0.246 e. The highest BCUT2D eigenvalue weighted by Crippen LogP contribution is 2.43. The molecule has 1 saturated heterocycles. The first kappa shape index (κ1) is 21.9. The molecule has 0 aliphatic carbocycles. The number of carbonyl (C=O) groups is 2. The first-order chi connectivity index (χ1) is 17.0. The zero-order chi connectivity index (χ0) is 24.1. The van der Waals surface area contributed by atoms with Crippen LogP contribution in [0, 0.1) is 0 Å². The number of nitrogens with one attached hydrogen (secondary N) is 1. The van der Waals surface area contributed by atoms with Gasteiger partial charge in [0.2, 0.25) is 11.8 Å². The molecule has 0 bridgehead atoms. The fourth-order valence-electron chi connectivity index (χ4n) is 5.52. The number of hydrogen-bond donors (Lipinski definition) is 1. The SMILES string of the molecule is COc1ccccc1CN1CC(=O)N2C(Cc3c([nH]c4ccccc34)C2c2cccc(Br)c2)C1=O. The number of aromatic amines is 1. The van der Waals surface area contributed by atoms with E-state index < -0.39 is 6.04 Å². The molecule has 2 amide bonds. The second-order valence-corrected chi connectivity index (χ2v) is 9.96. The van der Waals surface area contributed by atoms with Gasteiger partial charge in [-0.15, -0.1) is 0 Å². The molecule has 1 fully saturated rings. The van der Waals surface area contributed by atoms with Gasteiger partial charge in [0.15, 0.2) is 0 Å². The Morgan fingerprint density at radius 3 is 2.66 bits per heavy atom. The maximum atomic E-state index is 13.9. The Hall–Kier alpha value is -3.58. The predicted octanol–water partition coefficient (Wildman–Crippen LogP) is 4.82. The Labute approximate surface area is 211 Å². The van der Waals surface area contributed by atoms with E-state index in [1.54, 1.807) is 16.9 Å². The van der Waals surface area contributed by atoms with Crippen molar-refractivity contribution in [1.29, 1.82) is 0 Å². The quantitative estimate of drug-likeness (QED) is 0.412. The first-order valence-corrected chi connectivity index (χ1v) is 12.4. The lowest BCUT2D eigenvalue weighted by Gasteiger charge is -2.47. The molecule has 6 nitrogen and oxygen atoms in total. The molecule has 6 rings (SSSR count). The van der Waals surface area contributed by atoms with Crippen molar-refractivity contribution in [2.24, 2.45) is 0 Å². The number of H-pyrrole nitrogens is 1. The lowest BCUT2D eigenvalue weighted by molar-refractivity contribution is -0.159. The molecule has 2 atom stereocenters. The number of hydrogen-bond acceptors (Lipinski definition) is 3. The van der Waals surface area contributed by atoms with E-state index in [-0.39, 0.29) is 24.4 Å². The Morgan fingerprint density at radius 1 is 1.03 bits per heavy atom. The average molecular weight is 530 g/mol. The molecule has 4 aromatic rings. The zero-order valence-electron chi connectivity index (χ0n) is 19.2. The van der Waals surface area contributed by atoms with Gasteiger partial charge in [-0.05, 0) is 35.4 Å². The second kappa shape index (κ2) is 8.57. The molecule has 7 heteroatoms. The third-order valence-corrected chi connectivity index (χ3v) is 7.55. The van der Waals surface area contributed by atoms with Gasteiger partial charge >= 0.3 is 0 Å². The minimum Gasteiger partial charge on any atom is -0.496 e. The summed E-state index contributed by atoms with van der Waals surface area (Å²) in [6.45, 7) is 0.370. The van der Waals surface area contributed by atoms with Gasteiger partial charge in [0, 0.05) is 39.6 Å². The van der Waals surface area contributed by atoms with E-state index in [2.05, 4.69) is 27.0 Å². The Bertz CT molecular complexity index is 1460. The molecule has 2 aliphatic heterocycles. The van der Waals surface area contributed by atoms with Crippen LogP contribution in [0.1, 0.15) is 28.4 Å². The number of rotatable bonds is 4. The van der Waals surface area contributed by atoms with E-state index in [0.717, 1.165) is 37.8 Å². The van der Waals surface area contributed by atoms with E-state index in [1.165, 1.54) is 0 Å². The van der Waals surface area contributed by atoms with Gasteiger partial charge in [0.1, 0.15) is 18.3 Å². The van der Waals surface area contributed by atoms with Crippen LogP contribution in [0.4, 0.5) is 0 Å². The number of halogens is 1. The fraction of sp³-hybridized carbons (Fsp3) is 0.214. The van der Waals surface area contributed by atoms with E-state index in [1.807, 2.05) is 66.7 Å². The number of methoxy groups -OCH3 is 1. The van der Waals surface area contributed by atoms with E-state index in [0.29, 0.717) is 18.7 Å². The molecule has 176 valence electrons. The summed E-state index contributed by atoms with van der Waals surface area (Å²) in [4.78, 5) is 34.6. The summed E-state index contributed by atoms with van der Waals surface area (Å²) in [5, 5.41) is 1.10. The number of para-hydroxylation sites is 2. The highest BCUT2D eigenvalue weighted by atomic mass is 79.9. The fourth-order valence-corrected chi connectivity index (χ4v) is 5.94. The number of carbonyl (C=O) groups excluding carboxylic acids is 2. The van der Waals surface area contributed by atoms with Crippen LogP contribution < -0.4 is 4.74 Å². The normalized spacial score (nSPS) is 19.6. The zero-order valence-corrected chi connectivity index (χ0v) is 20.8. The van der Waals surface area contributed by atoms with Crippen molar-refractivity contribution in [3.8, 4) is 5.75 Å². The van der Waals surface area contributed by atoms with Crippen molar-refractivity contribution in [2.75, 3.05) is 13.7 Å². The molecule has 3 aromatic carbocycles. The average Bonchev–Trinajstić information content (AvgIpc) is 3.24. The van der Waals surface area contributed by atoms with Gasteiger partial charge in [-0.3, -0.25) is 9.59 Å². The summed E-state index contributed by atoms with van der Waals surface area (Å²) < 4.78 is 6.42. The van der Waals surface area contributed by atoms with Crippen molar-refractivity contribution in [2.45, 2.75) is 25.0 Å². The first-order valence-electron chi connectivity index (χ1n) is 11.6. The van der Waals surface area contributed by atoms with Gasteiger partial charge in [0.05, 0.1) is 13.2 Å². The van der Waals surface area contributed by atoms with E-state index >= 15 is 0 Å². The summed E-state index contributed by atoms with van der Waals surface area (Å²) in [6, 6.07) is 22.8. The van der Waals surface area contributed by atoms with Crippen molar-refractivity contribution in [1.82, 2.24) is 14.8 Å². The molecule has 0 radical (unpaired) electrons. The molecule has 1 aromatic heterocycles. The lowest BCUT2D eigenvalue weighted by atomic mass is 9.86. The molecular formula is C28H24BrN3O3. The molecule has 2 aliphatic rings. The molecule has 1 N–H and O–H groups in total. The van der Waals surface area contributed by atoms with Crippen LogP contribution in [0.5, 0.6) is 5.75 Å². The van der Waals surface area contributed by atoms with Gasteiger partial charge in [0.25, 0.3) is 0 Å². The Balaban J connectivity index is 1.45. The minimum absolute atomic E-state index is 0.0352. The summed E-state index contributed by atoms with van der Waals surface area (Å²) in [5.74, 6) is 0.620. The van der Waals surface area contributed by atoms with Crippen LogP contribution >= 0.6 is 15.9 Å². The molecule has 2 unspecified atom stereocenters.